The Kier molecular flexibility index (Phi) is 6.72. The maximum absolute atomic E-state index is 13.0. The summed E-state index contributed by atoms with van der Waals surface area (Å²) in [4.78, 5) is 38.4. The van der Waals surface area contributed by atoms with Crippen LogP contribution < -0.4 is 15.5 Å². The van der Waals surface area contributed by atoms with Crippen LogP contribution in [-0.2, 0) is 22.5 Å². The second-order valence-corrected chi connectivity index (χ2v) is 7.34. The van der Waals surface area contributed by atoms with Crippen LogP contribution in [0.5, 0.6) is 0 Å². The number of carbonyl (C=O) groups excluding carboxylic acids is 3. The van der Waals surface area contributed by atoms with E-state index in [1.807, 2.05) is 49.4 Å². The van der Waals surface area contributed by atoms with Crippen LogP contribution in [0, 0.1) is 6.92 Å². The van der Waals surface area contributed by atoms with Gasteiger partial charge in [0.25, 0.3) is 5.91 Å². The first-order valence-corrected chi connectivity index (χ1v) is 10.1. The van der Waals surface area contributed by atoms with Crippen LogP contribution in [0.2, 0.25) is 0 Å². The molecular weight excluding hydrogens is 382 g/mol. The molecule has 30 heavy (non-hydrogen) atoms. The number of fused-ring (bicyclic) bond motifs is 1. The van der Waals surface area contributed by atoms with Gasteiger partial charge in [0.1, 0.15) is 6.04 Å². The zero-order valence-corrected chi connectivity index (χ0v) is 17.5. The molecule has 2 aromatic rings. The van der Waals surface area contributed by atoms with Crippen molar-refractivity contribution in [3.63, 3.8) is 0 Å². The van der Waals surface area contributed by atoms with Crippen molar-refractivity contribution in [1.82, 2.24) is 10.6 Å². The molecule has 1 heterocycles. The standard InChI is InChI=1S/C23H27N3O4/c1-4-30-22(28)16(3)25-23(29)24-14-17-8-9-18-10-11-26(20(18)13-17)21(27)19-7-5-6-15(2)12-19/h5-9,12-13,16H,4,10-11,14H2,1-3H3,(H2,24,25,29). The van der Waals surface area contributed by atoms with Gasteiger partial charge in [0.2, 0.25) is 0 Å². The highest BCUT2D eigenvalue weighted by atomic mass is 16.5. The zero-order valence-electron chi connectivity index (χ0n) is 17.5. The number of nitrogens with zero attached hydrogens (tertiary/aromatic N) is 1. The van der Waals surface area contributed by atoms with E-state index >= 15 is 0 Å². The van der Waals surface area contributed by atoms with Crippen LogP contribution in [-0.4, -0.2) is 37.1 Å². The molecule has 1 aliphatic rings. The van der Waals surface area contributed by atoms with Crippen molar-refractivity contribution >= 4 is 23.6 Å². The van der Waals surface area contributed by atoms with E-state index in [2.05, 4.69) is 10.6 Å². The van der Waals surface area contributed by atoms with Crippen LogP contribution in [0.15, 0.2) is 42.5 Å². The van der Waals surface area contributed by atoms with E-state index in [0.29, 0.717) is 12.1 Å². The van der Waals surface area contributed by atoms with Crippen molar-refractivity contribution in [3.05, 3.63) is 64.7 Å². The molecule has 158 valence electrons. The lowest BCUT2D eigenvalue weighted by molar-refractivity contribution is -0.144. The maximum atomic E-state index is 13.0. The smallest absolute Gasteiger partial charge is 0.328 e. The van der Waals surface area contributed by atoms with E-state index < -0.39 is 18.0 Å². The molecule has 0 saturated carbocycles. The van der Waals surface area contributed by atoms with Gasteiger partial charge in [-0.2, -0.15) is 0 Å². The number of benzene rings is 2. The highest BCUT2D eigenvalue weighted by molar-refractivity contribution is 6.07. The number of esters is 1. The summed E-state index contributed by atoms with van der Waals surface area (Å²) in [5.41, 5.74) is 4.57. The second-order valence-electron chi connectivity index (χ2n) is 7.34. The summed E-state index contributed by atoms with van der Waals surface area (Å²) in [5, 5.41) is 5.29. The minimum Gasteiger partial charge on any atom is -0.464 e. The summed E-state index contributed by atoms with van der Waals surface area (Å²) in [5.74, 6) is -0.501. The first-order valence-electron chi connectivity index (χ1n) is 10.1. The summed E-state index contributed by atoms with van der Waals surface area (Å²) in [6.45, 7) is 6.43. The molecule has 0 fully saturated rings. The summed E-state index contributed by atoms with van der Waals surface area (Å²) in [6.07, 6.45) is 0.804. The van der Waals surface area contributed by atoms with E-state index in [-0.39, 0.29) is 19.1 Å². The average molecular weight is 409 g/mol. The number of amides is 3. The number of aryl methyl sites for hydroxylation is 1. The van der Waals surface area contributed by atoms with Gasteiger partial charge in [-0.1, -0.05) is 29.8 Å². The molecule has 0 radical (unpaired) electrons. The Labute approximate surface area is 176 Å². The lowest BCUT2D eigenvalue weighted by atomic mass is 10.1. The van der Waals surface area contributed by atoms with Gasteiger partial charge in [-0.3, -0.25) is 4.79 Å². The first-order chi connectivity index (χ1) is 14.4. The topological polar surface area (TPSA) is 87.7 Å². The molecule has 2 N–H and O–H groups in total. The normalized spacial score (nSPS) is 13.4. The molecule has 2 aromatic carbocycles. The summed E-state index contributed by atoms with van der Waals surface area (Å²) in [6, 6.07) is 12.3. The molecule has 1 atom stereocenters. The molecule has 0 aliphatic carbocycles. The third-order valence-corrected chi connectivity index (χ3v) is 5.00. The number of rotatable bonds is 6. The average Bonchev–Trinajstić information content (AvgIpc) is 3.15. The molecule has 7 nitrogen and oxygen atoms in total. The van der Waals surface area contributed by atoms with Crippen molar-refractivity contribution in [2.45, 2.75) is 39.8 Å². The van der Waals surface area contributed by atoms with Crippen molar-refractivity contribution in [2.75, 3.05) is 18.1 Å². The molecule has 3 amide bonds. The van der Waals surface area contributed by atoms with Crippen LogP contribution >= 0.6 is 0 Å². The Bertz CT molecular complexity index is 957. The van der Waals surface area contributed by atoms with Crippen molar-refractivity contribution in [1.29, 1.82) is 0 Å². The predicted octanol–water partition coefficient (Wildman–Crippen LogP) is 2.95. The van der Waals surface area contributed by atoms with Crippen LogP contribution in [0.4, 0.5) is 10.5 Å². The van der Waals surface area contributed by atoms with Crippen LogP contribution in [0.3, 0.4) is 0 Å². The second kappa shape index (κ2) is 9.43. The first kappa shape index (κ1) is 21.4. The van der Waals surface area contributed by atoms with E-state index in [4.69, 9.17) is 4.74 Å². The number of anilines is 1. The van der Waals surface area contributed by atoms with Gasteiger partial charge in [0.15, 0.2) is 0 Å². The molecule has 0 spiro atoms. The van der Waals surface area contributed by atoms with Gasteiger partial charge in [-0.05, 0) is 56.5 Å². The minimum atomic E-state index is -0.729. The molecule has 1 unspecified atom stereocenters. The van der Waals surface area contributed by atoms with Gasteiger partial charge in [0, 0.05) is 24.3 Å². The third kappa shape index (κ3) is 4.97. The van der Waals surface area contributed by atoms with E-state index in [1.54, 1.807) is 18.7 Å². The maximum Gasteiger partial charge on any atom is 0.328 e. The molecule has 3 rings (SSSR count). The van der Waals surface area contributed by atoms with Crippen LogP contribution in [0.1, 0.15) is 40.9 Å². The Morgan fingerprint density at radius 2 is 1.97 bits per heavy atom. The number of hydrogen-bond acceptors (Lipinski definition) is 4. The molecule has 0 saturated heterocycles. The Morgan fingerprint density at radius 1 is 1.17 bits per heavy atom. The highest BCUT2D eigenvalue weighted by Crippen LogP contribution is 2.30. The van der Waals surface area contributed by atoms with Crippen molar-refractivity contribution in [3.8, 4) is 0 Å². The van der Waals surface area contributed by atoms with Gasteiger partial charge < -0.3 is 20.3 Å². The van der Waals surface area contributed by atoms with E-state index in [1.165, 1.54) is 0 Å². The number of carbonyl (C=O) groups is 3. The Balaban J connectivity index is 1.64. The van der Waals surface area contributed by atoms with Gasteiger partial charge in [-0.15, -0.1) is 0 Å². The zero-order chi connectivity index (χ0) is 21.7. The summed E-state index contributed by atoms with van der Waals surface area (Å²) in [7, 11) is 0. The number of hydrogen-bond donors (Lipinski definition) is 2. The van der Waals surface area contributed by atoms with Crippen molar-refractivity contribution in [2.24, 2.45) is 0 Å². The number of ether oxygens (including phenoxy) is 1. The highest BCUT2D eigenvalue weighted by Gasteiger charge is 2.26. The van der Waals surface area contributed by atoms with E-state index in [0.717, 1.165) is 28.8 Å². The van der Waals surface area contributed by atoms with Gasteiger partial charge >= 0.3 is 12.0 Å². The molecule has 0 aromatic heterocycles. The molecule has 0 bridgehead atoms. The quantitative estimate of drug-likeness (QED) is 0.718. The van der Waals surface area contributed by atoms with Crippen LogP contribution in [0.25, 0.3) is 0 Å². The summed E-state index contributed by atoms with van der Waals surface area (Å²) < 4.78 is 4.88. The lowest BCUT2D eigenvalue weighted by Crippen LogP contribution is -2.44. The monoisotopic (exact) mass is 409 g/mol. The fraction of sp³-hybridized carbons (Fsp3) is 0.348. The number of nitrogens with one attached hydrogen (secondary N) is 2. The third-order valence-electron chi connectivity index (χ3n) is 5.00. The fourth-order valence-electron chi connectivity index (χ4n) is 3.44. The minimum absolute atomic E-state index is 0.0245. The Morgan fingerprint density at radius 3 is 2.70 bits per heavy atom. The lowest BCUT2D eigenvalue weighted by Gasteiger charge is -2.19. The predicted molar refractivity (Wildman–Crippen MR) is 114 cm³/mol. The van der Waals surface area contributed by atoms with Gasteiger partial charge in [-0.25, -0.2) is 9.59 Å². The molecule has 1 aliphatic heterocycles. The summed E-state index contributed by atoms with van der Waals surface area (Å²) >= 11 is 0. The molecular formula is C23H27N3O4. The number of urea groups is 1. The fourth-order valence-corrected chi connectivity index (χ4v) is 3.44. The Hall–Kier alpha value is -3.35. The SMILES string of the molecule is CCOC(=O)C(C)NC(=O)NCc1ccc2c(c1)N(C(=O)c1cccc(C)c1)CC2. The van der Waals surface area contributed by atoms with Gasteiger partial charge in [0.05, 0.1) is 6.61 Å². The molecule has 7 heteroatoms. The van der Waals surface area contributed by atoms with Crippen molar-refractivity contribution < 1.29 is 19.1 Å². The largest absolute Gasteiger partial charge is 0.464 e. The van der Waals surface area contributed by atoms with E-state index in [9.17, 15) is 14.4 Å².